The SMILES string of the molecule is C[C@@H]1CN(c2ccc(Br)cc2)c2nc3c(c(=O)n(CCCc4ccccc4)c(=O)n3C)n2C1. The van der Waals surface area contributed by atoms with Crippen molar-refractivity contribution in [3.05, 3.63) is 85.5 Å². The number of hydrogen-bond donors (Lipinski definition) is 0. The standard InChI is InChI=1S/C25H26BrN5O2/c1-17-15-30(20-12-10-19(26)11-13-20)24-27-22-21(31(24)16-17)23(32)29(25(33)28(22)2)14-6-9-18-7-4-3-5-8-18/h3-5,7-8,10-13,17H,6,9,14-16H2,1-2H3/t17-/m1/s1. The summed E-state index contributed by atoms with van der Waals surface area (Å²) in [5.41, 5.74) is 2.57. The highest BCUT2D eigenvalue weighted by Crippen LogP contribution is 2.33. The van der Waals surface area contributed by atoms with Crippen LogP contribution < -0.4 is 16.1 Å². The van der Waals surface area contributed by atoms with Crippen LogP contribution in [0.4, 0.5) is 11.6 Å². The van der Waals surface area contributed by atoms with Crippen LogP contribution in [0.2, 0.25) is 0 Å². The number of aryl methyl sites for hydroxylation is 2. The molecule has 0 unspecified atom stereocenters. The van der Waals surface area contributed by atoms with E-state index in [9.17, 15) is 9.59 Å². The molecule has 0 saturated heterocycles. The Labute approximate surface area is 200 Å². The Bertz CT molecular complexity index is 1420. The van der Waals surface area contributed by atoms with Gasteiger partial charge < -0.3 is 9.47 Å². The van der Waals surface area contributed by atoms with Crippen LogP contribution in [-0.4, -0.2) is 25.2 Å². The second kappa shape index (κ2) is 8.67. The second-order valence-electron chi connectivity index (χ2n) is 8.77. The first kappa shape index (κ1) is 21.7. The van der Waals surface area contributed by atoms with Crippen molar-refractivity contribution >= 4 is 38.7 Å². The van der Waals surface area contributed by atoms with Gasteiger partial charge in [-0.3, -0.25) is 13.9 Å². The lowest BCUT2D eigenvalue weighted by atomic mass is 10.1. The van der Waals surface area contributed by atoms with Crippen LogP contribution in [0.1, 0.15) is 18.9 Å². The summed E-state index contributed by atoms with van der Waals surface area (Å²) in [5, 5.41) is 0. The second-order valence-corrected chi connectivity index (χ2v) is 9.69. The molecule has 0 bridgehead atoms. The van der Waals surface area contributed by atoms with E-state index in [4.69, 9.17) is 4.98 Å². The molecule has 1 aliphatic heterocycles. The first-order valence-corrected chi connectivity index (χ1v) is 12.0. The molecule has 8 heteroatoms. The lowest BCUT2D eigenvalue weighted by molar-refractivity contribution is 0.457. The zero-order valence-electron chi connectivity index (χ0n) is 18.7. The average Bonchev–Trinajstić information content (AvgIpc) is 3.20. The highest BCUT2D eigenvalue weighted by molar-refractivity contribution is 9.10. The molecule has 0 aliphatic carbocycles. The Morgan fingerprint density at radius 3 is 2.48 bits per heavy atom. The van der Waals surface area contributed by atoms with Crippen LogP contribution in [0, 0.1) is 5.92 Å². The molecule has 0 radical (unpaired) electrons. The van der Waals surface area contributed by atoms with E-state index in [0.717, 1.165) is 23.1 Å². The Hall–Kier alpha value is -3.13. The summed E-state index contributed by atoms with van der Waals surface area (Å²) in [5.74, 6) is 1.03. The smallest absolute Gasteiger partial charge is 0.312 e. The average molecular weight is 508 g/mol. The van der Waals surface area contributed by atoms with Crippen LogP contribution >= 0.6 is 15.9 Å². The largest absolute Gasteiger partial charge is 0.332 e. The minimum absolute atomic E-state index is 0.259. The number of imidazole rings is 1. The first-order chi connectivity index (χ1) is 15.9. The van der Waals surface area contributed by atoms with Gasteiger partial charge in [0.2, 0.25) is 5.95 Å². The van der Waals surface area contributed by atoms with Crippen molar-refractivity contribution in [2.24, 2.45) is 13.0 Å². The van der Waals surface area contributed by atoms with Gasteiger partial charge in [-0.25, -0.2) is 4.79 Å². The maximum Gasteiger partial charge on any atom is 0.332 e. The van der Waals surface area contributed by atoms with Crippen molar-refractivity contribution in [3.63, 3.8) is 0 Å². The molecule has 2 aromatic heterocycles. The molecule has 4 aromatic rings. The first-order valence-electron chi connectivity index (χ1n) is 11.2. The van der Waals surface area contributed by atoms with Gasteiger partial charge in [0, 0.05) is 36.8 Å². The van der Waals surface area contributed by atoms with Crippen LogP contribution in [0.15, 0.2) is 68.7 Å². The van der Waals surface area contributed by atoms with Crippen LogP contribution in [0.25, 0.3) is 11.2 Å². The fourth-order valence-electron chi connectivity index (χ4n) is 4.63. The molecule has 1 aliphatic rings. The Morgan fingerprint density at radius 1 is 1.03 bits per heavy atom. The summed E-state index contributed by atoms with van der Waals surface area (Å²) in [6, 6.07) is 18.2. The maximum absolute atomic E-state index is 13.5. The van der Waals surface area contributed by atoms with Crippen molar-refractivity contribution < 1.29 is 0 Å². The number of benzene rings is 2. The monoisotopic (exact) mass is 507 g/mol. The number of halogens is 1. The highest BCUT2D eigenvalue weighted by Gasteiger charge is 2.29. The predicted octanol–water partition coefficient (Wildman–Crippen LogP) is 4.08. The number of rotatable bonds is 5. The van der Waals surface area contributed by atoms with E-state index in [0.29, 0.717) is 42.5 Å². The molecule has 2 aromatic carbocycles. The molecule has 33 heavy (non-hydrogen) atoms. The molecule has 0 amide bonds. The molecule has 1 atom stereocenters. The van der Waals surface area contributed by atoms with Crippen molar-refractivity contribution in [2.75, 3.05) is 11.4 Å². The summed E-state index contributed by atoms with van der Waals surface area (Å²) in [6.45, 7) is 4.03. The van der Waals surface area contributed by atoms with Gasteiger partial charge in [-0.15, -0.1) is 0 Å². The number of nitrogens with zero attached hydrogens (tertiary/aromatic N) is 5. The van der Waals surface area contributed by atoms with Gasteiger partial charge in [-0.05, 0) is 48.6 Å². The fraction of sp³-hybridized carbons (Fsp3) is 0.320. The normalized spacial score (nSPS) is 15.7. The summed E-state index contributed by atoms with van der Waals surface area (Å²) < 4.78 is 5.87. The van der Waals surface area contributed by atoms with Crippen LogP contribution in [0.5, 0.6) is 0 Å². The summed E-state index contributed by atoms with van der Waals surface area (Å²) in [4.78, 5) is 33.5. The molecule has 0 saturated carbocycles. The quantitative estimate of drug-likeness (QED) is 0.408. The third-order valence-electron chi connectivity index (χ3n) is 6.27. The third kappa shape index (κ3) is 3.93. The molecule has 0 N–H and O–H groups in total. The Kier molecular flexibility index (Phi) is 5.70. The molecule has 170 valence electrons. The minimum atomic E-state index is -0.320. The zero-order chi connectivity index (χ0) is 23.1. The number of fused-ring (bicyclic) bond motifs is 3. The number of anilines is 2. The van der Waals surface area contributed by atoms with Gasteiger partial charge in [-0.1, -0.05) is 53.2 Å². The van der Waals surface area contributed by atoms with E-state index >= 15 is 0 Å². The lowest BCUT2D eigenvalue weighted by Gasteiger charge is -2.33. The van der Waals surface area contributed by atoms with Crippen molar-refractivity contribution in [1.29, 1.82) is 0 Å². The predicted molar refractivity (Wildman–Crippen MR) is 134 cm³/mol. The van der Waals surface area contributed by atoms with Gasteiger partial charge in [0.25, 0.3) is 5.56 Å². The number of hydrogen-bond acceptors (Lipinski definition) is 4. The Balaban J connectivity index is 1.57. The van der Waals surface area contributed by atoms with Crippen LogP contribution in [-0.2, 0) is 26.6 Å². The zero-order valence-corrected chi connectivity index (χ0v) is 20.3. The maximum atomic E-state index is 13.5. The molecule has 7 nitrogen and oxygen atoms in total. The van der Waals surface area contributed by atoms with Gasteiger partial charge >= 0.3 is 5.69 Å². The van der Waals surface area contributed by atoms with E-state index in [-0.39, 0.29) is 11.2 Å². The molecule has 0 fully saturated rings. The highest BCUT2D eigenvalue weighted by atomic mass is 79.9. The van der Waals surface area contributed by atoms with E-state index < -0.39 is 0 Å². The van der Waals surface area contributed by atoms with Crippen LogP contribution in [0.3, 0.4) is 0 Å². The Morgan fingerprint density at radius 2 is 1.76 bits per heavy atom. The van der Waals surface area contributed by atoms with E-state index in [1.165, 1.54) is 14.7 Å². The fourth-order valence-corrected chi connectivity index (χ4v) is 4.89. The molecular weight excluding hydrogens is 482 g/mol. The van der Waals surface area contributed by atoms with E-state index in [1.807, 2.05) is 47.0 Å². The molecular formula is C25H26BrN5O2. The van der Waals surface area contributed by atoms with Crippen molar-refractivity contribution in [1.82, 2.24) is 18.7 Å². The molecule has 0 spiro atoms. The summed E-state index contributed by atoms with van der Waals surface area (Å²) >= 11 is 3.49. The third-order valence-corrected chi connectivity index (χ3v) is 6.80. The van der Waals surface area contributed by atoms with Crippen molar-refractivity contribution in [2.45, 2.75) is 32.9 Å². The van der Waals surface area contributed by atoms with Crippen molar-refractivity contribution in [3.8, 4) is 0 Å². The van der Waals surface area contributed by atoms with Gasteiger partial charge in [0.1, 0.15) is 0 Å². The number of aromatic nitrogens is 4. The van der Waals surface area contributed by atoms with Gasteiger partial charge in [0.15, 0.2) is 11.2 Å². The van der Waals surface area contributed by atoms with Gasteiger partial charge in [-0.2, -0.15) is 4.98 Å². The summed E-state index contributed by atoms with van der Waals surface area (Å²) in [7, 11) is 1.70. The minimum Gasteiger partial charge on any atom is -0.312 e. The van der Waals surface area contributed by atoms with E-state index in [1.54, 1.807) is 7.05 Å². The topological polar surface area (TPSA) is 65.1 Å². The van der Waals surface area contributed by atoms with Gasteiger partial charge in [0.05, 0.1) is 0 Å². The molecule has 3 heterocycles. The molecule has 5 rings (SSSR count). The lowest BCUT2D eigenvalue weighted by Crippen LogP contribution is -2.40. The summed E-state index contributed by atoms with van der Waals surface area (Å²) in [6.07, 6.45) is 1.53. The van der Waals surface area contributed by atoms with E-state index in [2.05, 4.69) is 39.9 Å².